The van der Waals surface area contributed by atoms with Crippen LogP contribution in [-0.4, -0.2) is 26.2 Å². The van der Waals surface area contributed by atoms with Gasteiger partial charge in [-0.2, -0.15) is 18.3 Å². The zero-order valence-electron chi connectivity index (χ0n) is 13.9. The van der Waals surface area contributed by atoms with Crippen LogP contribution in [0.15, 0.2) is 54.9 Å². The van der Waals surface area contributed by atoms with E-state index in [9.17, 15) is 13.2 Å². The Kier molecular flexibility index (Phi) is 5.11. The molecule has 1 atom stereocenters. The maximum atomic E-state index is 12.7. The van der Waals surface area contributed by atoms with Gasteiger partial charge in [0.15, 0.2) is 0 Å². The molecule has 0 spiro atoms. The van der Waals surface area contributed by atoms with E-state index in [2.05, 4.69) is 25.5 Å². The number of pyridine rings is 1. The van der Waals surface area contributed by atoms with Crippen LogP contribution in [-0.2, 0) is 12.6 Å². The van der Waals surface area contributed by atoms with Gasteiger partial charge in [0.05, 0.1) is 17.5 Å². The molecule has 0 aliphatic rings. The van der Waals surface area contributed by atoms with Crippen molar-refractivity contribution in [1.82, 2.24) is 20.2 Å². The molecule has 0 aliphatic carbocycles. The molecule has 0 aliphatic heterocycles. The van der Waals surface area contributed by atoms with E-state index < -0.39 is 11.7 Å². The van der Waals surface area contributed by atoms with Crippen LogP contribution in [0.2, 0.25) is 0 Å². The van der Waals surface area contributed by atoms with Crippen LogP contribution in [0.5, 0.6) is 0 Å². The third kappa shape index (κ3) is 4.53. The second kappa shape index (κ2) is 7.47. The lowest BCUT2D eigenvalue weighted by Crippen LogP contribution is -2.20. The number of hydrogen-bond acceptors (Lipinski definition) is 5. The monoisotopic (exact) mass is 359 g/mol. The third-order valence-corrected chi connectivity index (χ3v) is 3.68. The maximum Gasteiger partial charge on any atom is 0.416 e. The highest BCUT2D eigenvalue weighted by molar-refractivity contribution is 5.59. The molecule has 0 saturated heterocycles. The number of hydrogen-bond donors (Lipinski definition) is 1. The summed E-state index contributed by atoms with van der Waals surface area (Å²) in [6.07, 6.45) is -0.548. The van der Waals surface area contributed by atoms with Crippen molar-refractivity contribution >= 4 is 5.95 Å². The van der Waals surface area contributed by atoms with Crippen LogP contribution in [0.25, 0.3) is 11.3 Å². The molecular weight excluding hydrogens is 343 g/mol. The Morgan fingerprint density at radius 1 is 1.08 bits per heavy atom. The van der Waals surface area contributed by atoms with Crippen LogP contribution in [0.3, 0.4) is 0 Å². The van der Waals surface area contributed by atoms with E-state index in [4.69, 9.17) is 0 Å². The molecule has 3 aromatic rings. The number of benzene rings is 1. The average Bonchev–Trinajstić information content (AvgIpc) is 2.62. The molecule has 0 saturated carbocycles. The second-order valence-corrected chi connectivity index (χ2v) is 5.81. The summed E-state index contributed by atoms with van der Waals surface area (Å²) in [6, 6.07) is 10.5. The van der Waals surface area contributed by atoms with Gasteiger partial charge in [0.25, 0.3) is 0 Å². The van der Waals surface area contributed by atoms with E-state index in [-0.39, 0.29) is 6.04 Å². The summed E-state index contributed by atoms with van der Waals surface area (Å²) in [5.41, 5.74) is 1.21. The van der Waals surface area contributed by atoms with Gasteiger partial charge < -0.3 is 5.32 Å². The lowest BCUT2D eigenvalue weighted by atomic mass is 10.1. The van der Waals surface area contributed by atoms with Crippen molar-refractivity contribution in [1.29, 1.82) is 0 Å². The number of aromatic nitrogens is 4. The molecule has 2 heterocycles. The molecule has 0 amide bonds. The summed E-state index contributed by atoms with van der Waals surface area (Å²) >= 11 is 0. The van der Waals surface area contributed by atoms with Gasteiger partial charge in [-0.1, -0.05) is 18.2 Å². The van der Waals surface area contributed by atoms with Crippen molar-refractivity contribution in [2.24, 2.45) is 0 Å². The first-order valence-electron chi connectivity index (χ1n) is 7.95. The molecule has 134 valence electrons. The molecule has 1 aromatic carbocycles. The summed E-state index contributed by atoms with van der Waals surface area (Å²) in [6.45, 7) is 1.96. The first kappa shape index (κ1) is 17.8. The minimum atomic E-state index is -4.37. The largest absolute Gasteiger partial charge is 0.416 e. The molecule has 0 fully saturated rings. The number of nitrogens with zero attached hydrogens (tertiary/aromatic N) is 4. The van der Waals surface area contributed by atoms with Crippen molar-refractivity contribution in [2.75, 3.05) is 5.32 Å². The quantitative estimate of drug-likeness (QED) is 0.746. The zero-order valence-corrected chi connectivity index (χ0v) is 13.9. The predicted molar refractivity (Wildman–Crippen MR) is 91.3 cm³/mol. The molecule has 0 bridgehead atoms. The highest BCUT2D eigenvalue weighted by Crippen LogP contribution is 2.30. The molecule has 26 heavy (non-hydrogen) atoms. The standard InChI is InChI=1S/C18H16F3N5/c1-12(10-15-4-2-3-9-22-15)24-17-25-16(11-23-26-17)13-5-7-14(8-6-13)18(19,20)21/h2-9,11-12H,10H2,1H3,(H,24,25,26)/t12-/m1/s1. The number of rotatable bonds is 5. The number of alkyl halides is 3. The Morgan fingerprint density at radius 2 is 1.85 bits per heavy atom. The van der Waals surface area contributed by atoms with Gasteiger partial charge in [0.2, 0.25) is 5.95 Å². The summed E-state index contributed by atoms with van der Waals surface area (Å²) in [5, 5.41) is 10.9. The van der Waals surface area contributed by atoms with Gasteiger partial charge in [-0.25, -0.2) is 4.98 Å². The Hall–Kier alpha value is -3.03. The summed E-state index contributed by atoms with van der Waals surface area (Å²) in [5.74, 6) is 0.311. The fourth-order valence-corrected chi connectivity index (χ4v) is 2.44. The number of anilines is 1. The van der Waals surface area contributed by atoms with Crippen molar-refractivity contribution < 1.29 is 13.2 Å². The second-order valence-electron chi connectivity index (χ2n) is 5.81. The Bertz CT molecular complexity index is 851. The molecule has 1 N–H and O–H groups in total. The Balaban J connectivity index is 1.72. The molecule has 2 aromatic heterocycles. The minimum absolute atomic E-state index is 0.00885. The molecular formula is C18H16F3N5. The molecule has 0 radical (unpaired) electrons. The van der Waals surface area contributed by atoms with Gasteiger partial charge in [0.1, 0.15) is 0 Å². The van der Waals surface area contributed by atoms with Crippen molar-refractivity contribution in [3.63, 3.8) is 0 Å². The van der Waals surface area contributed by atoms with E-state index in [1.807, 2.05) is 25.1 Å². The summed E-state index contributed by atoms with van der Waals surface area (Å²) in [7, 11) is 0. The van der Waals surface area contributed by atoms with Gasteiger partial charge in [0, 0.05) is 29.9 Å². The fraction of sp³-hybridized carbons (Fsp3) is 0.222. The average molecular weight is 359 g/mol. The predicted octanol–water partition coefficient (Wildman–Crippen LogP) is 4.00. The van der Waals surface area contributed by atoms with Crippen LogP contribution < -0.4 is 5.32 Å². The van der Waals surface area contributed by atoms with Crippen LogP contribution >= 0.6 is 0 Å². The van der Waals surface area contributed by atoms with E-state index in [0.717, 1.165) is 17.8 Å². The normalized spacial score (nSPS) is 12.6. The first-order valence-corrected chi connectivity index (χ1v) is 7.95. The number of halogens is 3. The first-order chi connectivity index (χ1) is 12.4. The van der Waals surface area contributed by atoms with Crippen molar-refractivity contribution in [3.05, 3.63) is 66.1 Å². The lowest BCUT2D eigenvalue weighted by Gasteiger charge is -2.13. The van der Waals surface area contributed by atoms with Gasteiger partial charge in [-0.3, -0.25) is 4.98 Å². The Morgan fingerprint density at radius 3 is 2.50 bits per heavy atom. The minimum Gasteiger partial charge on any atom is -0.350 e. The molecule has 3 rings (SSSR count). The van der Waals surface area contributed by atoms with Crippen LogP contribution in [0.4, 0.5) is 19.1 Å². The van der Waals surface area contributed by atoms with Crippen LogP contribution in [0, 0.1) is 0 Å². The number of nitrogens with one attached hydrogen (secondary N) is 1. The van der Waals surface area contributed by atoms with Crippen molar-refractivity contribution in [3.8, 4) is 11.3 Å². The van der Waals surface area contributed by atoms with E-state index >= 15 is 0 Å². The Labute approximate surface area is 148 Å². The highest BCUT2D eigenvalue weighted by atomic mass is 19.4. The van der Waals surface area contributed by atoms with E-state index in [0.29, 0.717) is 23.6 Å². The topological polar surface area (TPSA) is 63.6 Å². The van der Waals surface area contributed by atoms with Gasteiger partial charge >= 0.3 is 6.18 Å². The maximum absolute atomic E-state index is 12.7. The SMILES string of the molecule is C[C@H](Cc1ccccn1)Nc1nncc(-c2ccc(C(F)(F)F)cc2)n1. The molecule has 8 heteroatoms. The van der Waals surface area contributed by atoms with Crippen LogP contribution in [0.1, 0.15) is 18.2 Å². The van der Waals surface area contributed by atoms with E-state index in [1.54, 1.807) is 6.20 Å². The zero-order chi connectivity index (χ0) is 18.6. The van der Waals surface area contributed by atoms with E-state index in [1.165, 1.54) is 18.3 Å². The lowest BCUT2D eigenvalue weighted by molar-refractivity contribution is -0.137. The van der Waals surface area contributed by atoms with Crippen molar-refractivity contribution in [2.45, 2.75) is 25.6 Å². The molecule has 0 unspecified atom stereocenters. The fourth-order valence-electron chi connectivity index (χ4n) is 2.44. The van der Waals surface area contributed by atoms with Gasteiger partial charge in [-0.15, -0.1) is 5.10 Å². The molecule has 5 nitrogen and oxygen atoms in total. The van der Waals surface area contributed by atoms with Gasteiger partial charge in [-0.05, 0) is 31.2 Å². The third-order valence-electron chi connectivity index (χ3n) is 3.68. The highest BCUT2D eigenvalue weighted by Gasteiger charge is 2.30. The summed E-state index contributed by atoms with van der Waals surface area (Å²) in [4.78, 5) is 8.60. The smallest absolute Gasteiger partial charge is 0.350 e. The summed E-state index contributed by atoms with van der Waals surface area (Å²) < 4.78 is 38.0.